The molecule has 2 N–H and O–H groups in total. The van der Waals surface area contributed by atoms with Crippen LogP contribution in [0.25, 0.3) is 0 Å². The summed E-state index contributed by atoms with van der Waals surface area (Å²) >= 11 is 5.54. The van der Waals surface area contributed by atoms with Crippen LogP contribution in [0.15, 0.2) is 40.7 Å². The predicted octanol–water partition coefficient (Wildman–Crippen LogP) is 4.35. The van der Waals surface area contributed by atoms with Crippen molar-refractivity contribution >= 4 is 46.4 Å². The highest BCUT2D eigenvalue weighted by Crippen LogP contribution is 2.34. The van der Waals surface area contributed by atoms with Gasteiger partial charge < -0.3 is 29.9 Å². The van der Waals surface area contributed by atoms with Gasteiger partial charge in [-0.25, -0.2) is 9.59 Å². The molecule has 0 aromatic heterocycles. The highest BCUT2D eigenvalue weighted by atomic mass is 32.1. The predicted molar refractivity (Wildman–Crippen MR) is 160 cm³/mol. The number of anilines is 2. The molecule has 10 heteroatoms. The molecule has 0 spiro atoms. The lowest BCUT2D eigenvalue weighted by Gasteiger charge is -2.38. The molecule has 214 valence electrons. The van der Waals surface area contributed by atoms with Gasteiger partial charge in [0.1, 0.15) is 0 Å². The number of nitrogens with zero attached hydrogens (tertiary/aromatic N) is 3. The van der Waals surface area contributed by atoms with Crippen LogP contribution in [0.4, 0.5) is 11.4 Å². The highest BCUT2D eigenvalue weighted by molar-refractivity contribution is 7.80. The van der Waals surface area contributed by atoms with E-state index in [1.807, 2.05) is 24.3 Å². The molecule has 1 atom stereocenters. The number of carbonyl (C=O) groups excluding carboxylic acids is 2. The Morgan fingerprint density at radius 3 is 2.44 bits per heavy atom. The summed E-state index contributed by atoms with van der Waals surface area (Å²) in [4.78, 5) is 34.0. The van der Waals surface area contributed by atoms with Crippen molar-refractivity contribution < 1.29 is 19.1 Å². The summed E-state index contributed by atoms with van der Waals surface area (Å²) in [6, 6.07) is 6.46. The van der Waals surface area contributed by atoms with Gasteiger partial charge in [0.15, 0.2) is 16.9 Å². The van der Waals surface area contributed by atoms with Crippen LogP contribution in [-0.4, -0.2) is 74.1 Å². The molecule has 39 heavy (non-hydrogen) atoms. The first-order valence-corrected chi connectivity index (χ1v) is 14.0. The number of rotatable bonds is 8. The van der Waals surface area contributed by atoms with Crippen molar-refractivity contribution in [1.29, 1.82) is 0 Å². The minimum Gasteiger partial charge on any atom is -0.467 e. The Hall–Kier alpha value is -2.98. The molecule has 0 saturated carbocycles. The minimum absolute atomic E-state index is 0.183. The molecule has 0 bridgehead atoms. The van der Waals surface area contributed by atoms with Gasteiger partial charge in [-0.15, -0.1) is 0 Å². The van der Waals surface area contributed by atoms with Gasteiger partial charge in [-0.05, 0) is 94.5 Å². The largest absolute Gasteiger partial charge is 0.467 e. The fourth-order valence-corrected chi connectivity index (χ4v) is 5.53. The van der Waals surface area contributed by atoms with E-state index in [-0.39, 0.29) is 5.70 Å². The number of aliphatic imine (C=N–C) groups is 1. The molecule has 9 nitrogen and oxygen atoms in total. The highest BCUT2D eigenvalue weighted by Gasteiger charge is 2.39. The van der Waals surface area contributed by atoms with Crippen molar-refractivity contribution in [1.82, 2.24) is 10.2 Å². The van der Waals surface area contributed by atoms with Crippen molar-refractivity contribution in [2.75, 3.05) is 50.6 Å². The third-order valence-electron chi connectivity index (χ3n) is 7.52. The van der Waals surface area contributed by atoms with Crippen LogP contribution in [-0.2, 0) is 19.1 Å². The van der Waals surface area contributed by atoms with Crippen molar-refractivity contribution in [2.45, 2.75) is 59.9 Å². The van der Waals surface area contributed by atoms with E-state index in [4.69, 9.17) is 21.7 Å². The summed E-state index contributed by atoms with van der Waals surface area (Å²) in [5.74, 6) is -0.314. The summed E-state index contributed by atoms with van der Waals surface area (Å²) in [6.07, 6.45) is 3.53. The van der Waals surface area contributed by atoms with E-state index in [2.05, 4.69) is 41.3 Å². The van der Waals surface area contributed by atoms with Gasteiger partial charge in [0, 0.05) is 23.6 Å². The lowest BCUT2D eigenvalue weighted by atomic mass is 9.75. The number of nitrogens with one attached hydrogen (secondary N) is 2. The maximum Gasteiger partial charge on any atom is 0.356 e. The Labute approximate surface area is 238 Å². The monoisotopic (exact) mass is 557 g/mol. The van der Waals surface area contributed by atoms with E-state index >= 15 is 0 Å². The van der Waals surface area contributed by atoms with Crippen LogP contribution in [0.3, 0.4) is 0 Å². The van der Waals surface area contributed by atoms with Crippen LogP contribution in [0, 0.1) is 11.3 Å². The number of hydrogen-bond donors (Lipinski definition) is 2. The first kappa shape index (κ1) is 30.6. The number of likely N-dealkylation sites (tertiary alicyclic amines) is 1. The molecular weight excluding hydrogens is 514 g/mol. The number of methoxy groups -OCH3 is 2. The third-order valence-corrected chi connectivity index (χ3v) is 7.76. The van der Waals surface area contributed by atoms with Crippen LogP contribution in [0.1, 0.15) is 53.9 Å². The van der Waals surface area contributed by atoms with Crippen molar-refractivity contribution in [2.24, 2.45) is 16.3 Å². The van der Waals surface area contributed by atoms with Crippen molar-refractivity contribution in [3.63, 3.8) is 0 Å². The Bertz CT molecular complexity index is 1120. The fraction of sp³-hybridized carbons (Fsp3) is 0.586. The lowest BCUT2D eigenvalue weighted by molar-refractivity contribution is -0.140. The minimum atomic E-state index is -0.901. The zero-order valence-electron chi connectivity index (χ0n) is 24.3. The van der Waals surface area contributed by atoms with Gasteiger partial charge in [-0.1, -0.05) is 26.8 Å². The second kappa shape index (κ2) is 13.4. The molecule has 0 aliphatic carbocycles. The molecule has 1 aromatic carbocycles. The lowest BCUT2D eigenvalue weighted by Crippen LogP contribution is -2.50. The summed E-state index contributed by atoms with van der Waals surface area (Å²) in [5.41, 5.74) is 2.87. The number of esters is 2. The number of benzene rings is 1. The molecule has 0 amide bonds. The first-order valence-electron chi connectivity index (χ1n) is 13.5. The molecule has 2 heterocycles. The van der Waals surface area contributed by atoms with Crippen molar-refractivity contribution in [3.8, 4) is 0 Å². The molecule has 1 saturated heterocycles. The average Bonchev–Trinajstić information content (AvgIpc) is 2.89. The third kappa shape index (κ3) is 7.79. The first-order chi connectivity index (χ1) is 18.5. The smallest absolute Gasteiger partial charge is 0.356 e. The number of hydrogen-bond acceptors (Lipinski definition) is 8. The second-order valence-electron chi connectivity index (χ2n) is 11.2. The normalized spacial score (nSPS) is 18.9. The van der Waals surface area contributed by atoms with Gasteiger partial charge in [-0.3, -0.25) is 4.99 Å². The van der Waals surface area contributed by atoms with E-state index in [1.165, 1.54) is 27.1 Å². The molecular formula is C29H43N5O4S. The quantitative estimate of drug-likeness (QED) is 0.275. The van der Waals surface area contributed by atoms with Crippen LogP contribution in [0.2, 0.25) is 0 Å². The number of allylic oxidation sites excluding steroid dienone is 1. The summed E-state index contributed by atoms with van der Waals surface area (Å²) < 4.78 is 10.0. The maximum absolute atomic E-state index is 12.7. The van der Waals surface area contributed by atoms with Crippen LogP contribution < -0.4 is 15.5 Å². The number of ether oxygens (including phenoxy) is 2. The van der Waals surface area contributed by atoms with Gasteiger partial charge in [0.25, 0.3) is 0 Å². The van der Waals surface area contributed by atoms with E-state index < -0.39 is 18.0 Å². The Morgan fingerprint density at radius 2 is 1.82 bits per heavy atom. The molecule has 1 unspecified atom stereocenters. The van der Waals surface area contributed by atoms with Gasteiger partial charge in [0.05, 0.1) is 19.9 Å². The number of carbonyl (C=O) groups is 2. The Balaban J connectivity index is 1.62. The summed E-state index contributed by atoms with van der Waals surface area (Å²) in [5, 5.41) is 7.03. The summed E-state index contributed by atoms with van der Waals surface area (Å²) in [6.45, 7) is 14.6. The number of thiocarbonyl (C=S) groups is 1. The average molecular weight is 558 g/mol. The second-order valence-corrected chi connectivity index (χ2v) is 11.6. The maximum atomic E-state index is 12.7. The Morgan fingerprint density at radius 1 is 1.13 bits per heavy atom. The van der Waals surface area contributed by atoms with E-state index in [1.54, 1.807) is 18.7 Å². The van der Waals surface area contributed by atoms with E-state index in [0.717, 1.165) is 44.2 Å². The van der Waals surface area contributed by atoms with Crippen molar-refractivity contribution in [3.05, 3.63) is 35.7 Å². The molecule has 3 rings (SSSR count). The van der Waals surface area contributed by atoms with Crippen LogP contribution >= 0.6 is 12.2 Å². The zero-order chi connectivity index (χ0) is 28.7. The van der Waals surface area contributed by atoms with Crippen LogP contribution in [0.5, 0.6) is 0 Å². The van der Waals surface area contributed by atoms with E-state index in [9.17, 15) is 9.59 Å². The summed E-state index contributed by atoms with van der Waals surface area (Å²) in [7, 11) is 2.61. The van der Waals surface area contributed by atoms with E-state index in [0.29, 0.717) is 27.6 Å². The van der Waals surface area contributed by atoms with Gasteiger partial charge >= 0.3 is 11.9 Å². The topological polar surface area (TPSA) is 95.5 Å². The molecule has 1 fully saturated rings. The fourth-order valence-electron chi connectivity index (χ4n) is 5.31. The SMILES string of the molecule is COC(=O)C1=C(C)N=C(C)C(C(=O)OC)N1c1cccc(NC(=S)NCCCN2CCC(C(C)(C)C)CC2)c1. The Kier molecular flexibility index (Phi) is 10.5. The molecule has 0 radical (unpaired) electrons. The molecule has 1 aromatic rings. The van der Waals surface area contributed by atoms with Gasteiger partial charge in [0.2, 0.25) is 0 Å². The van der Waals surface area contributed by atoms with Gasteiger partial charge in [-0.2, -0.15) is 0 Å². The standard InChI is InChI=1S/C29H43N5O4S/c1-19-24(26(35)37-6)34(25(20(2)31-19)27(36)38-7)23-11-8-10-22(18-23)32-28(39)30-14-9-15-33-16-12-21(13-17-33)29(3,4)5/h8,10-11,18,21,24H,9,12-17H2,1-7H3,(H2,30,32,39). The zero-order valence-corrected chi connectivity index (χ0v) is 25.1. The number of piperidine rings is 1. The molecule has 2 aliphatic rings. The molecule has 2 aliphatic heterocycles.